The zero-order valence-electron chi connectivity index (χ0n) is 7.86. The number of hydrogen-bond acceptors (Lipinski definition) is 0. The van der Waals surface area contributed by atoms with Crippen LogP contribution in [-0.2, 0) is 5.41 Å². The fourth-order valence-electron chi connectivity index (χ4n) is 2.00. The lowest BCUT2D eigenvalue weighted by Crippen LogP contribution is -2.14. The highest BCUT2D eigenvalue weighted by Crippen LogP contribution is 2.63. The summed E-state index contributed by atoms with van der Waals surface area (Å²) in [5.41, 5.74) is -0.216. The fraction of sp³-hybridized carbons (Fsp3) is 0.455. The Kier molecular flexibility index (Phi) is 2.07. The van der Waals surface area contributed by atoms with Gasteiger partial charge in [-0.2, -0.15) is 0 Å². The summed E-state index contributed by atoms with van der Waals surface area (Å²) in [6.07, 6.45) is 0.444. The molecule has 0 nitrogen and oxygen atoms in total. The van der Waals surface area contributed by atoms with Crippen LogP contribution in [0.5, 0.6) is 0 Å². The van der Waals surface area contributed by atoms with Crippen LogP contribution in [0.1, 0.15) is 25.3 Å². The Bertz CT molecular complexity index is 345. The van der Waals surface area contributed by atoms with Gasteiger partial charge in [-0.25, -0.2) is 8.78 Å². The molecule has 1 saturated carbocycles. The molecule has 1 aliphatic carbocycles. The molecule has 1 aromatic carbocycles. The minimum atomic E-state index is -2.53. The molecule has 0 amide bonds. The summed E-state index contributed by atoms with van der Waals surface area (Å²) < 4.78 is 26.4. The quantitative estimate of drug-likeness (QED) is 0.700. The normalized spacial score (nSPS) is 28.9. The Hall–Kier alpha value is -0.630. The van der Waals surface area contributed by atoms with Crippen molar-refractivity contribution in [3.63, 3.8) is 0 Å². The lowest BCUT2D eigenvalue weighted by atomic mass is 9.93. The van der Waals surface area contributed by atoms with E-state index in [-0.39, 0.29) is 6.42 Å². The van der Waals surface area contributed by atoms with Crippen molar-refractivity contribution in [3.8, 4) is 0 Å². The third-order valence-corrected chi connectivity index (χ3v) is 3.35. The molecule has 1 unspecified atom stereocenters. The first kappa shape index (κ1) is 9.91. The van der Waals surface area contributed by atoms with E-state index in [1.807, 2.05) is 0 Å². The minimum absolute atomic E-state index is 0.0296. The first-order chi connectivity index (χ1) is 6.52. The maximum atomic E-state index is 13.2. The second-order valence-corrected chi connectivity index (χ2v) is 4.26. The summed E-state index contributed by atoms with van der Waals surface area (Å²) in [5, 5.41) is 0.587. The van der Waals surface area contributed by atoms with E-state index in [1.54, 1.807) is 31.2 Å². The second kappa shape index (κ2) is 2.93. The third kappa shape index (κ3) is 1.24. The van der Waals surface area contributed by atoms with Gasteiger partial charge in [-0.3, -0.25) is 0 Å². The van der Waals surface area contributed by atoms with Crippen molar-refractivity contribution < 1.29 is 8.78 Å². The summed E-state index contributed by atoms with van der Waals surface area (Å²) in [7, 11) is 0. The van der Waals surface area contributed by atoms with Gasteiger partial charge in [0.25, 0.3) is 5.92 Å². The van der Waals surface area contributed by atoms with Gasteiger partial charge in [-0.15, -0.1) is 0 Å². The van der Waals surface area contributed by atoms with Crippen molar-refractivity contribution in [2.45, 2.75) is 31.1 Å². The number of halogens is 3. The van der Waals surface area contributed by atoms with E-state index in [2.05, 4.69) is 0 Å². The highest BCUT2D eigenvalue weighted by molar-refractivity contribution is 6.30. The molecule has 0 aliphatic heterocycles. The molecular weight excluding hydrogens is 206 g/mol. The molecule has 0 spiro atoms. The van der Waals surface area contributed by atoms with Crippen LogP contribution in [0.25, 0.3) is 0 Å². The smallest absolute Gasteiger partial charge is 0.206 e. The Balaban J connectivity index is 2.36. The highest BCUT2D eigenvalue weighted by atomic mass is 35.5. The Labute approximate surface area is 86.9 Å². The van der Waals surface area contributed by atoms with Crippen LogP contribution in [0.15, 0.2) is 24.3 Å². The fourth-order valence-corrected chi connectivity index (χ4v) is 2.13. The molecule has 1 fully saturated rings. The van der Waals surface area contributed by atoms with Gasteiger partial charge in [0.2, 0.25) is 0 Å². The van der Waals surface area contributed by atoms with Crippen molar-refractivity contribution in [2.75, 3.05) is 0 Å². The van der Waals surface area contributed by atoms with Gasteiger partial charge in [0.15, 0.2) is 0 Å². The standard InChI is InChI=1S/C11H11ClF2/c1-2-10(7-11(10,13)14)8-3-5-9(12)6-4-8/h3-6H,2,7H2,1H3. The molecule has 2 rings (SSSR count). The number of benzene rings is 1. The van der Waals surface area contributed by atoms with Crippen molar-refractivity contribution in [2.24, 2.45) is 0 Å². The summed E-state index contributed by atoms with van der Waals surface area (Å²) in [6, 6.07) is 6.74. The molecule has 1 atom stereocenters. The van der Waals surface area contributed by atoms with Gasteiger partial charge in [0, 0.05) is 11.4 Å². The van der Waals surface area contributed by atoms with Crippen LogP contribution >= 0.6 is 11.6 Å². The van der Waals surface area contributed by atoms with E-state index >= 15 is 0 Å². The SMILES string of the molecule is CCC1(c2ccc(Cl)cc2)CC1(F)F. The molecule has 3 heteroatoms. The molecule has 0 radical (unpaired) electrons. The molecular formula is C11H11ClF2. The van der Waals surface area contributed by atoms with Crippen molar-refractivity contribution >= 4 is 11.6 Å². The molecule has 14 heavy (non-hydrogen) atoms. The third-order valence-electron chi connectivity index (χ3n) is 3.10. The summed E-state index contributed by atoms with van der Waals surface area (Å²) in [4.78, 5) is 0. The van der Waals surface area contributed by atoms with Crippen molar-refractivity contribution in [1.29, 1.82) is 0 Å². The van der Waals surface area contributed by atoms with Gasteiger partial charge < -0.3 is 0 Å². The minimum Gasteiger partial charge on any atom is -0.206 e. The van der Waals surface area contributed by atoms with Crippen LogP contribution in [0.4, 0.5) is 8.78 Å². The lowest BCUT2D eigenvalue weighted by Gasteiger charge is -2.14. The molecule has 0 saturated heterocycles. The molecule has 0 heterocycles. The Morgan fingerprint density at radius 1 is 1.29 bits per heavy atom. The number of hydrogen-bond donors (Lipinski definition) is 0. The zero-order valence-corrected chi connectivity index (χ0v) is 8.61. The molecule has 0 N–H and O–H groups in total. The predicted octanol–water partition coefficient (Wildman–Crippen LogP) is 4.03. The molecule has 1 aromatic rings. The molecule has 0 aromatic heterocycles. The average Bonchev–Trinajstić information content (AvgIpc) is 2.71. The maximum Gasteiger partial charge on any atom is 0.258 e. The van der Waals surface area contributed by atoms with Gasteiger partial charge in [-0.05, 0) is 24.1 Å². The van der Waals surface area contributed by atoms with Crippen LogP contribution < -0.4 is 0 Å². The molecule has 76 valence electrons. The van der Waals surface area contributed by atoms with E-state index in [1.165, 1.54) is 0 Å². The number of rotatable bonds is 2. The Morgan fingerprint density at radius 3 is 2.14 bits per heavy atom. The summed E-state index contributed by atoms with van der Waals surface area (Å²) in [5.74, 6) is -2.53. The predicted molar refractivity (Wildman–Crippen MR) is 53.0 cm³/mol. The van der Waals surface area contributed by atoms with Crippen LogP contribution in [-0.4, -0.2) is 5.92 Å². The largest absolute Gasteiger partial charge is 0.258 e. The second-order valence-electron chi connectivity index (χ2n) is 3.82. The molecule has 1 aliphatic rings. The van der Waals surface area contributed by atoms with Crippen molar-refractivity contribution in [1.82, 2.24) is 0 Å². The topological polar surface area (TPSA) is 0 Å². The van der Waals surface area contributed by atoms with Gasteiger partial charge in [-0.1, -0.05) is 30.7 Å². The monoisotopic (exact) mass is 216 g/mol. The summed E-state index contributed by atoms with van der Waals surface area (Å²) in [6.45, 7) is 1.80. The van der Waals surface area contributed by atoms with E-state index in [4.69, 9.17) is 11.6 Å². The van der Waals surface area contributed by atoms with Gasteiger partial charge in [0.1, 0.15) is 0 Å². The van der Waals surface area contributed by atoms with Crippen LogP contribution in [0, 0.1) is 0 Å². The summed E-state index contributed by atoms with van der Waals surface area (Å²) >= 11 is 5.71. The lowest BCUT2D eigenvalue weighted by molar-refractivity contribution is 0.0866. The average molecular weight is 217 g/mol. The Morgan fingerprint density at radius 2 is 1.79 bits per heavy atom. The molecule has 0 bridgehead atoms. The number of alkyl halides is 2. The van der Waals surface area contributed by atoms with Crippen LogP contribution in [0.2, 0.25) is 5.02 Å². The van der Waals surface area contributed by atoms with Gasteiger partial charge >= 0.3 is 0 Å². The van der Waals surface area contributed by atoms with Crippen molar-refractivity contribution in [3.05, 3.63) is 34.9 Å². The maximum absolute atomic E-state index is 13.2. The first-order valence-electron chi connectivity index (χ1n) is 4.66. The van der Waals surface area contributed by atoms with Gasteiger partial charge in [0.05, 0.1) is 5.41 Å². The first-order valence-corrected chi connectivity index (χ1v) is 5.03. The zero-order chi connectivity index (χ0) is 10.4. The van der Waals surface area contributed by atoms with E-state index in [0.29, 0.717) is 17.0 Å². The van der Waals surface area contributed by atoms with E-state index < -0.39 is 11.3 Å². The highest BCUT2D eigenvalue weighted by Gasteiger charge is 2.70. The van der Waals surface area contributed by atoms with E-state index in [9.17, 15) is 8.78 Å². The van der Waals surface area contributed by atoms with Crippen LogP contribution in [0.3, 0.4) is 0 Å². The van der Waals surface area contributed by atoms with E-state index in [0.717, 1.165) is 0 Å².